The molecular formula is C12H12Cl2N2O4. The Morgan fingerprint density at radius 1 is 1.50 bits per heavy atom. The SMILES string of the molecule is O=C(NCC1CCOC1)c1cc([N+](=O)[O-])cc(Cl)c1Cl. The van der Waals surface area contributed by atoms with Crippen molar-refractivity contribution in [1.82, 2.24) is 5.32 Å². The average Bonchev–Trinajstić information content (AvgIpc) is 2.92. The van der Waals surface area contributed by atoms with E-state index in [-0.39, 0.29) is 27.2 Å². The molecule has 108 valence electrons. The van der Waals surface area contributed by atoms with Crippen LogP contribution in [0.4, 0.5) is 5.69 Å². The van der Waals surface area contributed by atoms with Crippen LogP contribution in [0.5, 0.6) is 0 Å². The number of hydrogen-bond acceptors (Lipinski definition) is 4. The molecule has 0 radical (unpaired) electrons. The molecule has 0 aromatic heterocycles. The van der Waals surface area contributed by atoms with Gasteiger partial charge in [0.2, 0.25) is 0 Å². The van der Waals surface area contributed by atoms with Crippen LogP contribution in [-0.4, -0.2) is 30.6 Å². The summed E-state index contributed by atoms with van der Waals surface area (Å²) in [6.07, 6.45) is 0.879. The molecule has 1 unspecified atom stereocenters. The van der Waals surface area contributed by atoms with Gasteiger partial charge >= 0.3 is 0 Å². The second kappa shape index (κ2) is 6.39. The van der Waals surface area contributed by atoms with Crippen LogP contribution in [0.2, 0.25) is 10.0 Å². The summed E-state index contributed by atoms with van der Waals surface area (Å²) in [7, 11) is 0. The van der Waals surface area contributed by atoms with E-state index >= 15 is 0 Å². The van der Waals surface area contributed by atoms with Gasteiger partial charge in [0, 0.05) is 31.2 Å². The molecule has 1 amide bonds. The third-order valence-corrected chi connectivity index (χ3v) is 3.85. The van der Waals surface area contributed by atoms with Crippen molar-refractivity contribution in [2.24, 2.45) is 5.92 Å². The molecule has 0 spiro atoms. The van der Waals surface area contributed by atoms with E-state index in [1.165, 1.54) is 0 Å². The predicted octanol–water partition coefficient (Wildman–Crippen LogP) is 2.67. The molecule has 2 rings (SSSR count). The summed E-state index contributed by atoms with van der Waals surface area (Å²) in [5, 5.41) is 13.4. The number of halogens is 2. The Bertz CT molecular complexity index is 545. The molecule has 1 aliphatic rings. The minimum atomic E-state index is -0.621. The molecule has 1 aliphatic heterocycles. The van der Waals surface area contributed by atoms with Crippen LogP contribution in [0.25, 0.3) is 0 Å². The highest BCUT2D eigenvalue weighted by Gasteiger charge is 2.21. The van der Waals surface area contributed by atoms with Crippen molar-refractivity contribution in [1.29, 1.82) is 0 Å². The third kappa shape index (κ3) is 3.39. The molecule has 1 N–H and O–H groups in total. The number of rotatable bonds is 4. The highest BCUT2D eigenvalue weighted by atomic mass is 35.5. The fourth-order valence-corrected chi connectivity index (χ4v) is 2.33. The largest absolute Gasteiger partial charge is 0.381 e. The van der Waals surface area contributed by atoms with Gasteiger partial charge in [-0.2, -0.15) is 0 Å². The van der Waals surface area contributed by atoms with Crippen LogP contribution in [0.15, 0.2) is 12.1 Å². The maximum Gasteiger partial charge on any atom is 0.271 e. The Kier molecular flexibility index (Phi) is 4.80. The zero-order chi connectivity index (χ0) is 14.7. The number of hydrogen-bond donors (Lipinski definition) is 1. The molecule has 1 aromatic rings. The number of non-ortho nitro benzene ring substituents is 1. The van der Waals surface area contributed by atoms with Gasteiger partial charge in [0.1, 0.15) is 0 Å². The average molecular weight is 319 g/mol. The molecule has 20 heavy (non-hydrogen) atoms. The molecule has 1 atom stereocenters. The predicted molar refractivity (Wildman–Crippen MR) is 74.4 cm³/mol. The first-order chi connectivity index (χ1) is 9.49. The van der Waals surface area contributed by atoms with E-state index in [9.17, 15) is 14.9 Å². The molecule has 6 nitrogen and oxygen atoms in total. The Morgan fingerprint density at radius 3 is 2.85 bits per heavy atom. The van der Waals surface area contributed by atoms with Gasteiger partial charge in [-0.15, -0.1) is 0 Å². The molecular weight excluding hydrogens is 307 g/mol. The first-order valence-electron chi connectivity index (χ1n) is 5.98. The van der Waals surface area contributed by atoms with Crippen molar-refractivity contribution in [2.75, 3.05) is 19.8 Å². The molecule has 1 fully saturated rings. The minimum Gasteiger partial charge on any atom is -0.381 e. The monoisotopic (exact) mass is 318 g/mol. The minimum absolute atomic E-state index is 0.00443. The maximum absolute atomic E-state index is 12.0. The topological polar surface area (TPSA) is 81.5 Å². The van der Waals surface area contributed by atoms with E-state index in [0.717, 1.165) is 18.6 Å². The standard InChI is InChI=1S/C12H12Cl2N2O4/c13-10-4-8(16(18)19)3-9(11(10)14)12(17)15-5-7-1-2-20-6-7/h3-4,7H,1-2,5-6H2,(H,15,17). The zero-order valence-corrected chi connectivity index (χ0v) is 11.9. The van der Waals surface area contributed by atoms with Crippen molar-refractivity contribution < 1.29 is 14.5 Å². The lowest BCUT2D eigenvalue weighted by Gasteiger charge is -2.11. The molecule has 1 heterocycles. The molecule has 0 saturated carbocycles. The third-order valence-electron chi connectivity index (χ3n) is 3.04. The summed E-state index contributed by atoms with van der Waals surface area (Å²) >= 11 is 11.7. The second-order valence-corrected chi connectivity index (χ2v) is 5.27. The Hall–Kier alpha value is -1.37. The summed E-state index contributed by atoms with van der Waals surface area (Å²) in [6, 6.07) is 2.24. The van der Waals surface area contributed by atoms with Crippen LogP contribution < -0.4 is 5.32 Å². The number of benzene rings is 1. The number of nitrogens with zero attached hydrogens (tertiary/aromatic N) is 1. The maximum atomic E-state index is 12.0. The molecule has 0 bridgehead atoms. The fourth-order valence-electron chi connectivity index (χ4n) is 1.92. The highest BCUT2D eigenvalue weighted by Crippen LogP contribution is 2.30. The van der Waals surface area contributed by atoms with Gasteiger partial charge in [0.25, 0.3) is 11.6 Å². The van der Waals surface area contributed by atoms with Crippen LogP contribution >= 0.6 is 23.2 Å². The summed E-state index contributed by atoms with van der Waals surface area (Å²) in [6.45, 7) is 1.73. The normalized spacial score (nSPS) is 18.0. The first kappa shape index (κ1) is 15.0. The van der Waals surface area contributed by atoms with E-state index in [1.807, 2.05) is 0 Å². The summed E-state index contributed by atoms with van der Waals surface area (Å²) < 4.78 is 5.20. The van der Waals surface area contributed by atoms with E-state index in [1.54, 1.807) is 0 Å². The second-order valence-electron chi connectivity index (χ2n) is 4.49. The highest BCUT2D eigenvalue weighted by molar-refractivity contribution is 6.44. The van der Waals surface area contributed by atoms with E-state index < -0.39 is 10.8 Å². The Balaban J connectivity index is 2.13. The van der Waals surface area contributed by atoms with E-state index in [2.05, 4.69) is 5.32 Å². The zero-order valence-electron chi connectivity index (χ0n) is 10.4. The van der Waals surface area contributed by atoms with Crippen molar-refractivity contribution >= 4 is 34.8 Å². The lowest BCUT2D eigenvalue weighted by Crippen LogP contribution is -2.29. The lowest BCUT2D eigenvalue weighted by molar-refractivity contribution is -0.384. The number of nitro benzene ring substituents is 1. The van der Waals surface area contributed by atoms with Gasteiger partial charge in [-0.25, -0.2) is 0 Å². The number of carbonyl (C=O) groups is 1. The van der Waals surface area contributed by atoms with Gasteiger partial charge < -0.3 is 10.1 Å². The number of amides is 1. The van der Waals surface area contributed by atoms with Gasteiger partial charge in [0.05, 0.1) is 27.1 Å². The molecule has 1 aromatic carbocycles. The summed E-state index contributed by atoms with van der Waals surface area (Å²) in [5.74, 6) is -0.223. The Morgan fingerprint density at radius 2 is 2.25 bits per heavy atom. The van der Waals surface area contributed by atoms with E-state index in [4.69, 9.17) is 27.9 Å². The van der Waals surface area contributed by atoms with Crippen molar-refractivity contribution in [3.05, 3.63) is 37.9 Å². The summed E-state index contributed by atoms with van der Waals surface area (Å²) in [5.41, 5.74) is -0.265. The van der Waals surface area contributed by atoms with Gasteiger partial charge in [-0.3, -0.25) is 14.9 Å². The van der Waals surface area contributed by atoms with Crippen molar-refractivity contribution in [3.8, 4) is 0 Å². The van der Waals surface area contributed by atoms with Crippen molar-refractivity contribution in [3.63, 3.8) is 0 Å². The Labute approximate surface area is 125 Å². The van der Waals surface area contributed by atoms with Crippen LogP contribution in [0.1, 0.15) is 16.8 Å². The summed E-state index contributed by atoms with van der Waals surface area (Å²) in [4.78, 5) is 22.2. The molecule has 8 heteroatoms. The smallest absolute Gasteiger partial charge is 0.271 e. The lowest BCUT2D eigenvalue weighted by atomic mass is 10.1. The van der Waals surface area contributed by atoms with Gasteiger partial charge in [0.15, 0.2) is 0 Å². The van der Waals surface area contributed by atoms with Crippen LogP contribution in [0.3, 0.4) is 0 Å². The van der Waals surface area contributed by atoms with Gasteiger partial charge in [-0.05, 0) is 6.42 Å². The quantitative estimate of drug-likeness (QED) is 0.683. The number of nitrogens with one attached hydrogen (secondary N) is 1. The van der Waals surface area contributed by atoms with Crippen LogP contribution in [-0.2, 0) is 4.74 Å². The van der Waals surface area contributed by atoms with Gasteiger partial charge in [-0.1, -0.05) is 23.2 Å². The number of nitro groups is 1. The fraction of sp³-hybridized carbons (Fsp3) is 0.417. The van der Waals surface area contributed by atoms with Crippen LogP contribution in [0, 0.1) is 16.0 Å². The molecule has 0 aliphatic carbocycles. The van der Waals surface area contributed by atoms with Crippen molar-refractivity contribution in [2.45, 2.75) is 6.42 Å². The number of ether oxygens (including phenoxy) is 1. The first-order valence-corrected chi connectivity index (χ1v) is 6.74. The molecule has 1 saturated heterocycles. The number of carbonyl (C=O) groups excluding carboxylic acids is 1. The van der Waals surface area contributed by atoms with E-state index in [0.29, 0.717) is 19.8 Å².